The maximum atomic E-state index is 5.43. The van der Waals surface area contributed by atoms with Gasteiger partial charge in [0.2, 0.25) is 6.39 Å². The molecular formula is C10H15N7O. The third-order valence-electron chi connectivity index (χ3n) is 2.40. The monoisotopic (exact) mass is 249 g/mol. The molecule has 0 unspecified atom stereocenters. The number of anilines is 2. The Balaban J connectivity index is 2.15. The Morgan fingerprint density at radius 1 is 1.28 bits per heavy atom. The third-order valence-corrected chi connectivity index (χ3v) is 2.40. The molecule has 2 heterocycles. The molecule has 0 aliphatic carbocycles. The van der Waals surface area contributed by atoms with E-state index in [2.05, 4.69) is 42.3 Å². The number of nitrogens with two attached hydrogens (primary N) is 1. The van der Waals surface area contributed by atoms with E-state index in [1.54, 1.807) is 0 Å². The van der Waals surface area contributed by atoms with Gasteiger partial charge in [-0.15, -0.1) is 0 Å². The zero-order valence-electron chi connectivity index (χ0n) is 10.1. The van der Waals surface area contributed by atoms with Crippen LogP contribution in [-0.2, 0) is 13.0 Å². The van der Waals surface area contributed by atoms with Crippen LogP contribution in [0.5, 0.6) is 0 Å². The van der Waals surface area contributed by atoms with Gasteiger partial charge in [-0.05, 0) is 6.42 Å². The second-order valence-electron chi connectivity index (χ2n) is 3.64. The second-order valence-corrected chi connectivity index (χ2v) is 3.64. The van der Waals surface area contributed by atoms with Crippen LogP contribution in [0.1, 0.15) is 24.7 Å². The summed E-state index contributed by atoms with van der Waals surface area (Å²) in [6.07, 6.45) is 4.54. The number of aromatic nitrogens is 4. The van der Waals surface area contributed by atoms with E-state index in [4.69, 9.17) is 5.84 Å². The van der Waals surface area contributed by atoms with Gasteiger partial charge in [0.1, 0.15) is 18.0 Å². The van der Waals surface area contributed by atoms with E-state index in [9.17, 15) is 0 Å². The number of hydrogen-bond donors (Lipinski definition) is 3. The molecule has 0 aromatic carbocycles. The zero-order valence-corrected chi connectivity index (χ0v) is 10.1. The molecule has 0 aliphatic rings. The smallest absolute Gasteiger partial charge is 0.213 e. The van der Waals surface area contributed by atoms with E-state index in [-0.39, 0.29) is 0 Å². The Morgan fingerprint density at radius 3 is 2.78 bits per heavy atom. The maximum absolute atomic E-state index is 5.43. The van der Waals surface area contributed by atoms with Crippen molar-refractivity contribution in [3.05, 3.63) is 24.1 Å². The van der Waals surface area contributed by atoms with Crippen molar-refractivity contribution in [2.75, 3.05) is 10.7 Å². The van der Waals surface area contributed by atoms with E-state index in [1.807, 2.05) is 0 Å². The van der Waals surface area contributed by atoms with Crippen LogP contribution in [0.3, 0.4) is 0 Å². The van der Waals surface area contributed by atoms with E-state index in [0.29, 0.717) is 18.2 Å². The van der Waals surface area contributed by atoms with Crippen molar-refractivity contribution < 1.29 is 4.52 Å². The fraction of sp³-hybridized carbons (Fsp3) is 0.400. The summed E-state index contributed by atoms with van der Waals surface area (Å²) in [4.78, 5) is 12.2. The summed E-state index contributed by atoms with van der Waals surface area (Å²) < 4.78 is 4.66. The molecule has 0 saturated heterocycles. The molecule has 2 aromatic heterocycles. The standard InChI is InChI=1S/C10H15N7O/c1-2-3-7-9(13-5-14-10(7)16-11)12-4-8-15-6-18-17-8/h5-6H,2-4,11H2,1H3,(H2,12,13,14,16). The van der Waals surface area contributed by atoms with Gasteiger partial charge in [-0.2, -0.15) is 4.98 Å². The Morgan fingerprint density at radius 2 is 2.11 bits per heavy atom. The number of hydrogen-bond acceptors (Lipinski definition) is 8. The van der Waals surface area contributed by atoms with Crippen molar-refractivity contribution in [3.63, 3.8) is 0 Å². The molecule has 0 fully saturated rings. The molecule has 4 N–H and O–H groups in total. The minimum atomic E-state index is 0.439. The summed E-state index contributed by atoms with van der Waals surface area (Å²) in [5.41, 5.74) is 3.52. The Hall–Kier alpha value is -2.22. The highest BCUT2D eigenvalue weighted by Crippen LogP contribution is 2.21. The highest BCUT2D eigenvalue weighted by molar-refractivity contribution is 5.56. The molecule has 0 saturated carbocycles. The fourth-order valence-electron chi connectivity index (χ4n) is 1.61. The summed E-state index contributed by atoms with van der Waals surface area (Å²) in [5.74, 6) is 7.35. The Labute approximate surface area is 104 Å². The SMILES string of the molecule is CCCc1c(NN)ncnc1NCc1ncon1. The molecule has 0 radical (unpaired) electrons. The molecule has 0 atom stereocenters. The van der Waals surface area contributed by atoms with Crippen molar-refractivity contribution in [2.45, 2.75) is 26.3 Å². The number of nitrogens with one attached hydrogen (secondary N) is 2. The predicted molar refractivity (Wildman–Crippen MR) is 65.5 cm³/mol. The second kappa shape index (κ2) is 5.92. The minimum Gasteiger partial charge on any atom is -0.362 e. The van der Waals surface area contributed by atoms with E-state index < -0.39 is 0 Å². The first-order valence-electron chi connectivity index (χ1n) is 5.64. The van der Waals surface area contributed by atoms with E-state index >= 15 is 0 Å². The van der Waals surface area contributed by atoms with Gasteiger partial charge >= 0.3 is 0 Å². The summed E-state index contributed by atoms with van der Waals surface area (Å²) in [5, 5.41) is 6.86. The minimum absolute atomic E-state index is 0.439. The largest absolute Gasteiger partial charge is 0.362 e. The predicted octanol–water partition coefficient (Wildman–Crippen LogP) is 0.710. The zero-order chi connectivity index (χ0) is 12.8. The molecule has 0 bridgehead atoms. The average Bonchev–Trinajstić information content (AvgIpc) is 2.91. The van der Waals surface area contributed by atoms with Crippen molar-refractivity contribution in [1.29, 1.82) is 0 Å². The van der Waals surface area contributed by atoms with E-state index in [0.717, 1.165) is 24.2 Å². The maximum Gasteiger partial charge on any atom is 0.213 e. The highest BCUT2D eigenvalue weighted by Gasteiger charge is 2.10. The first-order chi connectivity index (χ1) is 8.85. The topological polar surface area (TPSA) is 115 Å². The average molecular weight is 249 g/mol. The highest BCUT2D eigenvalue weighted by atomic mass is 16.5. The van der Waals surface area contributed by atoms with Crippen LogP contribution in [0.25, 0.3) is 0 Å². The van der Waals surface area contributed by atoms with Crippen molar-refractivity contribution >= 4 is 11.6 Å². The van der Waals surface area contributed by atoms with E-state index in [1.165, 1.54) is 12.7 Å². The van der Waals surface area contributed by atoms with Crippen LogP contribution in [0.15, 0.2) is 17.2 Å². The van der Waals surface area contributed by atoms with Crippen LogP contribution < -0.4 is 16.6 Å². The summed E-state index contributed by atoms with van der Waals surface area (Å²) >= 11 is 0. The molecule has 0 amide bonds. The fourth-order valence-corrected chi connectivity index (χ4v) is 1.61. The first-order valence-corrected chi connectivity index (χ1v) is 5.64. The van der Waals surface area contributed by atoms with Crippen molar-refractivity contribution in [2.24, 2.45) is 5.84 Å². The normalized spacial score (nSPS) is 10.3. The summed E-state index contributed by atoms with van der Waals surface area (Å²) in [6, 6.07) is 0. The summed E-state index contributed by atoms with van der Waals surface area (Å²) in [7, 11) is 0. The lowest BCUT2D eigenvalue weighted by Crippen LogP contribution is -2.14. The quantitative estimate of drug-likeness (QED) is 0.506. The molecular weight excluding hydrogens is 234 g/mol. The van der Waals surface area contributed by atoms with Crippen molar-refractivity contribution in [1.82, 2.24) is 20.1 Å². The number of hydrazine groups is 1. The lowest BCUT2D eigenvalue weighted by Gasteiger charge is -2.12. The molecule has 0 spiro atoms. The molecule has 0 aliphatic heterocycles. The lowest BCUT2D eigenvalue weighted by molar-refractivity contribution is 0.411. The van der Waals surface area contributed by atoms with Crippen LogP contribution in [0.2, 0.25) is 0 Å². The van der Waals surface area contributed by atoms with Gasteiger partial charge in [0, 0.05) is 5.56 Å². The molecule has 2 rings (SSSR count). The van der Waals surface area contributed by atoms with Gasteiger partial charge in [0.05, 0.1) is 6.54 Å². The lowest BCUT2D eigenvalue weighted by atomic mass is 10.1. The Bertz CT molecular complexity index is 485. The van der Waals surface area contributed by atoms with Crippen LogP contribution in [0, 0.1) is 0 Å². The summed E-state index contributed by atoms with van der Waals surface area (Å²) in [6.45, 7) is 2.52. The van der Waals surface area contributed by atoms with Crippen LogP contribution >= 0.6 is 0 Å². The van der Waals surface area contributed by atoms with Gasteiger partial charge in [0.25, 0.3) is 0 Å². The number of nitrogen functional groups attached to an aromatic ring is 1. The van der Waals surface area contributed by atoms with Crippen LogP contribution in [0.4, 0.5) is 11.6 Å². The van der Waals surface area contributed by atoms with Gasteiger partial charge in [-0.1, -0.05) is 18.5 Å². The molecule has 2 aromatic rings. The van der Waals surface area contributed by atoms with Crippen LogP contribution in [-0.4, -0.2) is 20.1 Å². The van der Waals surface area contributed by atoms with Gasteiger partial charge in [0.15, 0.2) is 5.82 Å². The molecule has 8 heteroatoms. The molecule has 18 heavy (non-hydrogen) atoms. The van der Waals surface area contributed by atoms with Gasteiger partial charge in [-0.3, -0.25) is 0 Å². The number of nitrogens with zero attached hydrogens (tertiary/aromatic N) is 4. The van der Waals surface area contributed by atoms with Crippen molar-refractivity contribution in [3.8, 4) is 0 Å². The number of rotatable bonds is 6. The molecule has 96 valence electrons. The Kier molecular flexibility index (Phi) is 4.02. The molecule has 8 nitrogen and oxygen atoms in total. The van der Waals surface area contributed by atoms with Gasteiger partial charge in [-0.25, -0.2) is 15.8 Å². The third kappa shape index (κ3) is 2.72. The van der Waals surface area contributed by atoms with Gasteiger partial charge < -0.3 is 15.3 Å². The first kappa shape index (κ1) is 12.2.